The Balaban J connectivity index is 2.35. The Morgan fingerprint density at radius 1 is 1.47 bits per heavy atom. The number of carboxylic acids is 1. The lowest BCUT2D eigenvalue weighted by Gasteiger charge is -2.26. The van der Waals surface area contributed by atoms with Crippen molar-refractivity contribution in [1.29, 1.82) is 0 Å². The smallest absolute Gasteiger partial charge is 0.335 e. The summed E-state index contributed by atoms with van der Waals surface area (Å²) in [6, 6.07) is 4.81. The molecule has 0 saturated carbocycles. The first-order valence-electron chi connectivity index (χ1n) is 5.34. The number of hydrogen-bond donors (Lipinski definition) is 2. The second-order valence-electron chi connectivity index (χ2n) is 4.29. The molecule has 0 bridgehead atoms. The molecule has 1 heterocycles. The Bertz CT molecular complexity index is 485. The molecule has 1 aromatic rings. The van der Waals surface area contributed by atoms with E-state index in [1.54, 1.807) is 12.1 Å². The number of hydrogen-bond acceptors (Lipinski definition) is 3. The van der Waals surface area contributed by atoms with E-state index in [0.717, 1.165) is 4.90 Å². The highest BCUT2D eigenvalue weighted by Crippen LogP contribution is 2.38. The normalized spacial score (nSPS) is 18.8. The summed E-state index contributed by atoms with van der Waals surface area (Å²) >= 11 is 1.49. The third kappa shape index (κ3) is 2.29. The Morgan fingerprint density at radius 3 is 2.76 bits per heavy atom. The molecule has 1 amide bonds. The number of thioether (sulfide) groups is 1. The third-order valence-corrected chi connectivity index (χ3v) is 4.22. The molecule has 5 heteroatoms. The van der Waals surface area contributed by atoms with Crippen molar-refractivity contribution in [2.24, 2.45) is 5.92 Å². The summed E-state index contributed by atoms with van der Waals surface area (Å²) in [6.07, 6.45) is 0. The van der Waals surface area contributed by atoms with Crippen LogP contribution in [0.5, 0.6) is 0 Å². The van der Waals surface area contributed by atoms with Crippen LogP contribution >= 0.6 is 11.8 Å². The number of carboxylic acid groups (broad SMARTS) is 1. The van der Waals surface area contributed by atoms with Crippen LogP contribution < -0.4 is 5.32 Å². The van der Waals surface area contributed by atoms with E-state index < -0.39 is 5.97 Å². The summed E-state index contributed by atoms with van der Waals surface area (Å²) in [4.78, 5) is 23.5. The van der Waals surface area contributed by atoms with Crippen molar-refractivity contribution in [3.8, 4) is 0 Å². The second-order valence-corrected chi connectivity index (χ2v) is 5.47. The number of carbonyl (C=O) groups excluding carboxylic acids is 1. The van der Waals surface area contributed by atoms with E-state index in [4.69, 9.17) is 5.11 Å². The average Bonchev–Trinajstić information content (AvgIpc) is 2.26. The first-order valence-corrected chi connectivity index (χ1v) is 6.22. The van der Waals surface area contributed by atoms with Gasteiger partial charge in [0.1, 0.15) is 0 Å². The van der Waals surface area contributed by atoms with Gasteiger partial charge in [0.25, 0.3) is 0 Å². The SMILES string of the molecule is CC(C)C1Sc2ccc(C(=O)O)cc2NC1=O. The molecule has 90 valence electrons. The number of aromatic carboxylic acids is 1. The number of amides is 1. The van der Waals surface area contributed by atoms with Crippen LogP contribution in [-0.2, 0) is 4.79 Å². The molecule has 1 aromatic carbocycles. The van der Waals surface area contributed by atoms with Crippen molar-refractivity contribution in [2.75, 3.05) is 5.32 Å². The van der Waals surface area contributed by atoms with Gasteiger partial charge in [0.15, 0.2) is 0 Å². The Kier molecular flexibility index (Phi) is 3.11. The quantitative estimate of drug-likeness (QED) is 0.847. The Morgan fingerprint density at radius 2 is 2.18 bits per heavy atom. The zero-order chi connectivity index (χ0) is 12.6. The molecule has 0 radical (unpaired) electrons. The number of rotatable bonds is 2. The van der Waals surface area contributed by atoms with E-state index in [9.17, 15) is 9.59 Å². The monoisotopic (exact) mass is 251 g/mol. The fourth-order valence-electron chi connectivity index (χ4n) is 1.70. The van der Waals surface area contributed by atoms with E-state index in [1.807, 2.05) is 13.8 Å². The lowest BCUT2D eigenvalue weighted by atomic mass is 10.1. The molecule has 0 saturated heterocycles. The molecule has 17 heavy (non-hydrogen) atoms. The van der Waals surface area contributed by atoms with Gasteiger partial charge in [-0.25, -0.2) is 4.79 Å². The summed E-state index contributed by atoms with van der Waals surface area (Å²) in [5.41, 5.74) is 0.782. The predicted molar refractivity (Wildman–Crippen MR) is 66.5 cm³/mol. The molecule has 2 N–H and O–H groups in total. The molecule has 4 nitrogen and oxygen atoms in total. The van der Waals surface area contributed by atoms with Gasteiger partial charge >= 0.3 is 5.97 Å². The van der Waals surface area contributed by atoms with Crippen LogP contribution in [0.4, 0.5) is 5.69 Å². The maximum atomic E-state index is 11.8. The van der Waals surface area contributed by atoms with Crippen LogP contribution in [0, 0.1) is 5.92 Å². The highest BCUT2D eigenvalue weighted by Gasteiger charge is 2.29. The molecule has 0 fully saturated rings. The molecule has 1 unspecified atom stereocenters. The molecule has 2 rings (SSSR count). The van der Waals surface area contributed by atoms with E-state index in [-0.39, 0.29) is 22.6 Å². The Hall–Kier alpha value is -1.49. The van der Waals surface area contributed by atoms with Crippen molar-refractivity contribution >= 4 is 29.3 Å². The van der Waals surface area contributed by atoms with Crippen molar-refractivity contribution < 1.29 is 14.7 Å². The van der Waals surface area contributed by atoms with Crippen LogP contribution in [-0.4, -0.2) is 22.2 Å². The maximum absolute atomic E-state index is 11.8. The van der Waals surface area contributed by atoms with Gasteiger partial charge in [0.2, 0.25) is 5.91 Å². The number of fused-ring (bicyclic) bond motifs is 1. The van der Waals surface area contributed by atoms with Crippen molar-refractivity contribution in [1.82, 2.24) is 0 Å². The molecule has 1 aliphatic rings. The number of nitrogens with one attached hydrogen (secondary N) is 1. The van der Waals surface area contributed by atoms with Crippen LogP contribution in [0.25, 0.3) is 0 Å². The molecular weight excluding hydrogens is 238 g/mol. The van der Waals surface area contributed by atoms with E-state index >= 15 is 0 Å². The molecule has 1 aliphatic heterocycles. The average molecular weight is 251 g/mol. The van der Waals surface area contributed by atoms with Crippen molar-refractivity contribution in [3.05, 3.63) is 23.8 Å². The van der Waals surface area contributed by atoms with E-state index in [2.05, 4.69) is 5.32 Å². The van der Waals surface area contributed by atoms with Gasteiger partial charge in [0.05, 0.1) is 16.5 Å². The minimum Gasteiger partial charge on any atom is -0.478 e. The zero-order valence-electron chi connectivity index (χ0n) is 9.56. The highest BCUT2D eigenvalue weighted by molar-refractivity contribution is 8.01. The lowest BCUT2D eigenvalue weighted by molar-refractivity contribution is -0.116. The fourth-order valence-corrected chi connectivity index (χ4v) is 2.79. The van der Waals surface area contributed by atoms with Crippen LogP contribution in [0.1, 0.15) is 24.2 Å². The van der Waals surface area contributed by atoms with Gasteiger partial charge < -0.3 is 10.4 Å². The van der Waals surface area contributed by atoms with Crippen LogP contribution in [0.2, 0.25) is 0 Å². The minimum absolute atomic E-state index is 0.0555. The zero-order valence-corrected chi connectivity index (χ0v) is 10.4. The van der Waals surface area contributed by atoms with E-state index in [1.165, 1.54) is 17.8 Å². The molecule has 0 aliphatic carbocycles. The van der Waals surface area contributed by atoms with Gasteiger partial charge in [0, 0.05) is 4.90 Å². The highest BCUT2D eigenvalue weighted by atomic mass is 32.2. The first kappa shape index (κ1) is 12.0. The summed E-state index contributed by atoms with van der Waals surface area (Å²) in [6.45, 7) is 3.99. The van der Waals surface area contributed by atoms with Crippen LogP contribution in [0.15, 0.2) is 23.1 Å². The van der Waals surface area contributed by atoms with E-state index in [0.29, 0.717) is 5.69 Å². The van der Waals surface area contributed by atoms with Gasteiger partial charge in [-0.3, -0.25) is 4.79 Å². The molecule has 1 atom stereocenters. The maximum Gasteiger partial charge on any atom is 0.335 e. The topological polar surface area (TPSA) is 66.4 Å². The number of benzene rings is 1. The second kappa shape index (κ2) is 4.41. The number of carbonyl (C=O) groups is 2. The summed E-state index contributed by atoms with van der Waals surface area (Å²) in [5, 5.41) is 11.5. The predicted octanol–water partition coefficient (Wildman–Crippen LogP) is 2.45. The van der Waals surface area contributed by atoms with Gasteiger partial charge in [-0.1, -0.05) is 13.8 Å². The largest absolute Gasteiger partial charge is 0.478 e. The van der Waals surface area contributed by atoms with Gasteiger partial charge in [-0.05, 0) is 24.1 Å². The van der Waals surface area contributed by atoms with Gasteiger partial charge in [-0.15, -0.1) is 11.8 Å². The number of anilines is 1. The van der Waals surface area contributed by atoms with Crippen LogP contribution in [0.3, 0.4) is 0 Å². The van der Waals surface area contributed by atoms with Crippen molar-refractivity contribution in [2.45, 2.75) is 24.0 Å². The molecule has 0 spiro atoms. The van der Waals surface area contributed by atoms with Crippen molar-refractivity contribution in [3.63, 3.8) is 0 Å². The lowest BCUT2D eigenvalue weighted by Crippen LogP contribution is -2.32. The first-order chi connectivity index (χ1) is 7.99. The molecule has 0 aromatic heterocycles. The summed E-state index contributed by atoms with van der Waals surface area (Å²) in [7, 11) is 0. The Labute approximate surface area is 103 Å². The minimum atomic E-state index is -0.988. The summed E-state index contributed by atoms with van der Waals surface area (Å²) in [5.74, 6) is -0.801. The van der Waals surface area contributed by atoms with Gasteiger partial charge in [-0.2, -0.15) is 0 Å². The summed E-state index contributed by atoms with van der Waals surface area (Å²) < 4.78 is 0. The third-order valence-electron chi connectivity index (χ3n) is 2.60. The fraction of sp³-hybridized carbons (Fsp3) is 0.333. The standard InChI is InChI=1S/C12H13NO3S/c1-6(2)10-11(14)13-8-5-7(12(15)16)3-4-9(8)17-10/h3-6,10H,1-2H3,(H,13,14)(H,15,16). The molecular formula is C12H13NO3S.